The first-order chi connectivity index (χ1) is 12.2. The van der Waals surface area contributed by atoms with Gasteiger partial charge in [0.1, 0.15) is 0 Å². The van der Waals surface area contributed by atoms with Crippen LogP contribution in [-0.2, 0) is 17.6 Å². The predicted molar refractivity (Wildman–Crippen MR) is 102 cm³/mol. The molecule has 3 saturated heterocycles. The van der Waals surface area contributed by atoms with Gasteiger partial charge in [0.15, 0.2) is 0 Å². The van der Waals surface area contributed by atoms with Gasteiger partial charge in [-0.05, 0) is 68.3 Å². The third-order valence-electron chi connectivity index (χ3n) is 5.48. The average molecular weight is 339 g/mol. The van der Waals surface area contributed by atoms with E-state index in [2.05, 4.69) is 41.5 Å². The maximum Gasteiger partial charge on any atom is 0.0983 e. The topological polar surface area (TPSA) is 32.7 Å². The van der Waals surface area contributed by atoms with Crippen molar-refractivity contribution in [2.45, 2.75) is 44.2 Å². The zero-order chi connectivity index (χ0) is 17.6. The highest BCUT2D eigenvalue weighted by Crippen LogP contribution is 2.32. The monoisotopic (exact) mass is 339 g/mol. The molecule has 2 atom stereocenters. The Bertz CT molecular complexity index is 648. The molecule has 0 spiro atoms. The van der Waals surface area contributed by atoms with E-state index < -0.39 is 0 Å². The summed E-state index contributed by atoms with van der Waals surface area (Å²) in [6, 6.07) is 6.52. The zero-order valence-corrected chi connectivity index (χ0v) is 15.2. The smallest absolute Gasteiger partial charge is 0.0983 e. The van der Waals surface area contributed by atoms with Crippen molar-refractivity contribution in [3.63, 3.8) is 0 Å². The molecule has 4 rings (SSSR count). The molecule has 3 nitrogen and oxygen atoms in total. The second-order valence-corrected chi connectivity index (χ2v) is 7.16. The van der Waals surface area contributed by atoms with E-state index in [0.717, 1.165) is 57.4 Å². The summed E-state index contributed by atoms with van der Waals surface area (Å²) < 4.78 is 5.14. The summed E-state index contributed by atoms with van der Waals surface area (Å²) in [5.41, 5.74) is 3.60. The molecule has 3 heteroatoms. The van der Waals surface area contributed by atoms with Crippen LogP contribution in [0.1, 0.15) is 36.0 Å². The van der Waals surface area contributed by atoms with E-state index in [9.17, 15) is 5.11 Å². The molecule has 2 bridgehead atoms. The van der Waals surface area contributed by atoms with Gasteiger partial charge in [0.25, 0.3) is 0 Å². The third kappa shape index (κ3) is 4.33. The molecule has 0 radical (unpaired) electrons. The minimum Gasteiger partial charge on any atom is -0.390 e. The van der Waals surface area contributed by atoms with Crippen LogP contribution in [0.3, 0.4) is 0 Å². The van der Waals surface area contributed by atoms with Gasteiger partial charge in [-0.1, -0.05) is 30.0 Å². The number of hydrogen-bond acceptors (Lipinski definition) is 3. The molecule has 0 aromatic heterocycles. The van der Waals surface area contributed by atoms with Crippen LogP contribution in [0.25, 0.3) is 0 Å². The minimum atomic E-state index is -0.300. The second-order valence-electron chi connectivity index (χ2n) is 7.16. The SMILES string of the molecule is C=CCc1cc(CCCOC)ccc1C#CC1C(O)C2CCN1CC2. The standard InChI is InChI=1S/C22H29NO2/c1-3-5-20-16-17(6-4-15-25-2)7-8-18(20)9-10-21-22(24)19-11-13-23(21)14-12-19/h3,7-8,16,19,21-22,24H,1,4-6,11-15H2,2H3. The van der Waals surface area contributed by atoms with Gasteiger partial charge in [-0.3, -0.25) is 4.90 Å². The Morgan fingerprint density at radius 3 is 2.84 bits per heavy atom. The molecule has 0 saturated carbocycles. The lowest BCUT2D eigenvalue weighted by atomic mass is 9.81. The Balaban J connectivity index is 1.76. The summed E-state index contributed by atoms with van der Waals surface area (Å²) >= 11 is 0. The van der Waals surface area contributed by atoms with E-state index in [1.807, 2.05) is 6.08 Å². The van der Waals surface area contributed by atoms with E-state index in [4.69, 9.17) is 4.74 Å². The highest BCUT2D eigenvalue weighted by molar-refractivity contribution is 5.45. The van der Waals surface area contributed by atoms with Gasteiger partial charge < -0.3 is 9.84 Å². The maximum absolute atomic E-state index is 10.5. The van der Waals surface area contributed by atoms with Gasteiger partial charge in [0.2, 0.25) is 0 Å². The molecular weight excluding hydrogens is 310 g/mol. The molecule has 1 aromatic carbocycles. The lowest BCUT2D eigenvalue weighted by molar-refractivity contribution is -0.0500. The number of aryl methyl sites for hydroxylation is 1. The quantitative estimate of drug-likeness (QED) is 0.491. The van der Waals surface area contributed by atoms with Crippen LogP contribution in [-0.4, -0.2) is 49.0 Å². The Labute approximate surface area is 151 Å². The Hall–Kier alpha value is -1.60. The van der Waals surface area contributed by atoms with Crippen molar-refractivity contribution in [2.75, 3.05) is 26.8 Å². The van der Waals surface area contributed by atoms with Crippen LogP contribution in [0.15, 0.2) is 30.9 Å². The van der Waals surface area contributed by atoms with E-state index in [1.165, 1.54) is 11.1 Å². The molecule has 1 N–H and O–H groups in total. The molecule has 3 aliphatic rings. The Morgan fingerprint density at radius 2 is 2.16 bits per heavy atom. The van der Waals surface area contributed by atoms with Crippen LogP contribution in [0.4, 0.5) is 0 Å². The van der Waals surface area contributed by atoms with Crippen LogP contribution >= 0.6 is 0 Å². The molecule has 3 fully saturated rings. The molecule has 25 heavy (non-hydrogen) atoms. The fraction of sp³-hybridized carbons (Fsp3) is 0.545. The molecule has 0 amide bonds. The first-order valence-corrected chi connectivity index (χ1v) is 9.38. The number of aliphatic hydroxyl groups excluding tert-OH is 1. The van der Waals surface area contributed by atoms with Crippen LogP contribution in [0.5, 0.6) is 0 Å². The fourth-order valence-electron chi connectivity index (χ4n) is 4.01. The van der Waals surface area contributed by atoms with E-state index in [-0.39, 0.29) is 12.1 Å². The number of rotatable bonds is 6. The first-order valence-electron chi connectivity index (χ1n) is 9.38. The maximum atomic E-state index is 10.5. The number of nitrogens with zero attached hydrogens (tertiary/aromatic N) is 1. The highest BCUT2D eigenvalue weighted by atomic mass is 16.5. The van der Waals surface area contributed by atoms with Gasteiger partial charge in [-0.2, -0.15) is 0 Å². The van der Waals surface area contributed by atoms with Gasteiger partial charge >= 0.3 is 0 Å². The summed E-state index contributed by atoms with van der Waals surface area (Å²) in [6.07, 6.45) is 6.71. The first kappa shape index (κ1) is 18.2. The zero-order valence-electron chi connectivity index (χ0n) is 15.2. The summed E-state index contributed by atoms with van der Waals surface area (Å²) in [5.74, 6) is 7.15. The van der Waals surface area contributed by atoms with Gasteiger partial charge in [-0.25, -0.2) is 0 Å². The minimum absolute atomic E-state index is 0.00883. The van der Waals surface area contributed by atoms with Crippen molar-refractivity contribution in [2.24, 2.45) is 5.92 Å². The van der Waals surface area contributed by atoms with Crippen LogP contribution in [0, 0.1) is 17.8 Å². The van der Waals surface area contributed by atoms with Crippen molar-refractivity contribution in [3.8, 4) is 11.8 Å². The van der Waals surface area contributed by atoms with Crippen molar-refractivity contribution in [1.82, 2.24) is 4.90 Å². The summed E-state index contributed by atoms with van der Waals surface area (Å²) in [5, 5.41) is 10.5. The number of hydrogen-bond donors (Lipinski definition) is 1. The van der Waals surface area contributed by atoms with Gasteiger partial charge in [0.05, 0.1) is 12.1 Å². The summed E-state index contributed by atoms with van der Waals surface area (Å²) in [4.78, 5) is 2.34. The molecule has 3 aliphatic heterocycles. The van der Waals surface area contributed by atoms with E-state index >= 15 is 0 Å². The largest absolute Gasteiger partial charge is 0.390 e. The number of piperidine rings is 3. The number of fused-ring (bicyclic) bond motifs is 3. The number of ether oxygens (including phenoxy) is 1. The molecular formula is C22H29NO2. The van der Waals surface area contributed by atoms with E-state index in [0.29, 0.717) is 5.92 Å². The molecule has 0 aliphatic carbocycles. The van der Waals surface area contributed by atoms with Crippen LogP contribution in [0.2, 0.25) is 0 Å². The Kier molecular flexibility index (Phi) is 6.31. The normalized spacial score (nSPS) is 27.6. The lowest BCUT2D eigenvalue weighted by Crippen LogP contribution is -2.57. The van der Waals surface area contributed by atoms with Gasteiger partial charge in [-0.15, -0.1) is 6.58 Å². The highest BCUT2D eigenvalue weighted by Gasteiger charge is 2.40. The van der Waals surface area contributed by atoms with Crippen molar-refractivity contribution in [3.05, 3.63) is 47.5 Å². The average Bonchev–Trinajstić information content (AvgIpc) is 2.64. The predicted octanol–water partition coefficient (Wildman–Crippen LogP) is 2.80. The van der Waals surface area contributed by atoms with Crippen molar-refractivity contribution >= 4 is 0 Å². The molecule has 2 unspecified atom stereocenters. The number of allylic oxidation sites excluding steroid dienone is 1. The molecule has 1 aromatic rings. The van der Waals surface area contributed by atoms with Crippen LogP contribution < -0.4 is 0 Å². The summed E-state index contributed by atoms with van der Waals surface area (Å²) in [7, 11) is 1.74. The molecule has 3 heterocycles. The Morgan fingerprint density at radius 1 is 1.36 bits per heavy atom. The molecule has 134 valence electrons. The number of aliphatic hydroxyl groups is 1. The van der Waals surface area contributed by atoms with E-state index in [1.54, 1.807) is 7.11 Å². The fourth-order valence-corrected chi connectivity index (χ4v) is 4.01. The second kappa shape index (κ2) is 8.67. The van der Waals surface area contributed by atoms with Crippen molar-refractivity contribution in [1.29, 1.82) is 0 Å². The third-order valence-corrected chi connectivity index (χ3v) is 5.48. The summed E-state index contributed by atoms with van der Waals surface area (Å²) in [6.45, 7) is 6.80. The van der Waals surface area contributed by atoms with Gasteiger partial charge in [0, 0.05) is 19.3 Å². The number of methoxy groups -OCH3 is 1. The van der Waals surface area contributed by atoms with Crippen molar-refractivity contribution < 1.29 is 9.84 Å². The number of benzene rings is 1. The lowest BCUT2D eigenvalue weighted by Gasteiger charge is -2.46.